The summed E-state index contributed by atoms with van der Waals surface area (Å²) in [6.45, 7) is 4.59. The Hall–Kier alpha value is -5.04. The van der Waals surface area contributed by atoms with Gasteiger partial charge in [0.15, 0.2) is 5.13 Å². The van der Waals surface area contributed by atoms with Gasteiger partial charge in [-0.15, -0.1) is 0 Å². The fraction of sp³-hybridized carbons (Fsp3) is 0.138. The van der Waals surface area contributed by atoms with Crippen molar-refractivity contribution in [1.29, 1.82) is 0 Å². The van der Waals surface area contributed by atoms with Crippen molar-refractivity contribution < 1.29 is 22.7 Å². The van der Waals surface area contributed by atoms with Gasteiger partial charge in [0.2, 0.25) is 0 Å². The molecule has 5 aromatic rings. The summed E-state index contributed by atoms with van der Waals surface area (Å²) < 4.78 is 45.9. The molecular formula is C29H24F3N7O2S. The standard InChI is InChI=1S/C29H24F3N7O2S/c1-3-33-28-37-16-25(42-28)18-6-9-22(10-7-18)41-27-35-14-21(15-36-27)38-26(40)39-24-12-20(29(30,31)32)8-11-23(24)19-5-4-17(2)34-13-19/h4-16H,3H2,1-2H3,(H,33,37)(H2,38,39,40). The summed E-state index contributed by atoms with van der Waals surface area (Å²) in [6, 6.07) is 13.2. The predicted octanol–water partition coefficient (Wildman–Crippen LogP) is 7.86. The first-order valence-corrected chi connectivity index (χ1v) is 13.5. The Labute approximate surface area is 242 Å². The molecule has 0 aliphatic carbocycles. The SMILES string of the molecule is CCNc1ncc(-c2ccc(Oc3ncc(NC(=O)Nc4cc(C(F)(F)F)ccc4-c4ccc(C)nc4)cn3)cc2)s1. The molecule has 0 saturated heterocycles. The van der Waals surface area contributed by atoms with E-state index in [1.54, 1.807) is 48.7 Å². The van der Waals surface area contributed by atoms with Crippen molar-refractivity contribution in [3.63, 3.8) is 0 Å². The number of nitrogens with one attached hydrogen (secondary N) is 3. The van der Waals surface area contributed by atoms with Gasteiger partial charge in [0.05, 0.1) is 34.2 Å². The maximum atomic E-state index is 13.4. The van der Waals surface area contributed by atoms with Gasteiger partial charge in [-0.1, -0.05) is 23.5 Å². The number of hydrogen-bond donors (Lipinski definition) is 3. The van der Waals surface area contributed by atoms with E-state index in [1.165, 1.54) is 24.7 Å². The van der Waals surface area contributed by atoms with Gasteiger partial charge in [-0.2, -0.15) is 13.2 Å². The van der Waals surface area contributed by atoms with Crippen molar-refractivity contribution in [2.45, 2.75) is 20.0 Å². The van der Waals surface area contributed by atoms with Crippen LogP contribution in [0.3, 0.4) is 0 Å². The van der Waals surface area contributed by atoms with Gasteiger partial charge in [0.25, 0.3) is 0 Å². The molecule has 13 heteroatoms. The Bertz CT molecular complexity index is 1670. The summed E-state index contributed by atoms with van der Waals surface area (Å²) in [5.41, 5.74) is 1.94. The third-order valence-corrected chi connectivity index (χ3v) is 6.89. The molecule has 3 N–H and O–H groups in total. The lowest BCUT2D eigenvalue weighted by molar-refractivity contribution is -0.137. The largest absolute Gasteiger partial charge is 0.424 e. The molecular weight excluding hydrogens is 567 g/mol. The number of thiazole rings is 1. The maximum absolute atomic E-state index is 13.4. The Balaban J connectivity index is 1.24. The third-order valence-electron chi connectivity index (χ3n) is 5.89. The number of rotatable bonds is 8. The topological polar surface area (TPSA) is 114 Å². The Morgan fingerprint density at radius 3 is 2.29 bits per heavy atom. The molecule has 3 heterocycles. The second-order valence-corrected chi connectivity index (χ2v) is 10.00. The number of carbonyl (C=O) groups is 1. The molecule has 9 nitrogen and oxygen atoms in total. The molecule has 5 rings (SSSR count). The molecule has 0 radical (unpaired) electrons. The molecule has 2 aromatic carbocycles. The fourth-order valence-corrected chi connectivity index (χ4v) is 4.74. The second-order valence-electron chi connectivity index (χ2n) is 8.97. The zero-order valence-electron chi connectivity index (χ0n) is 22.4. The lowest BCUT2D eigenvalue weighted by Gasteiger charge is -2.15. The number of pyridine rings is 1. The normalized spacial score (nSPS) is 11.2. The van der Waals surface area contributed by atoms with Crippen LogP contribution >= 0.6 is 11.3 Å². The van der Waals surface area contributed by atoms with Gasteiger partial charge in [-0.25, -0.2) is 19.7 Å². The molecule has 0 fully saturated rings. The molecule has 0 unspecified atom stereocenters. The zero-order valence-corrected chi connectivity index (χ0v) is 23.2. The minimum Gasteiger partial charge on any atom is -0.424 e. The third kappa shape index (κ3) is 6.99. The van der Waals surface area contributed by atoms with E-state index in [9.17, 15) is 18.0 Å². The van der Waals surface area contributed by atoms with Crippen molar-refractivity contribution in [3.05, 3.63) is 90.6 Å². The summed E-state index contributed by atoms with van der Waals surface area (Å²) in [7, 11) is 0. The summed E-state index contributed by atoms with van der Waals surface area (Å²) in [5, 5.41) is 9.05. The lowest BCUT2D eigenvalue weighted by Crippen LogP contribution is -2.20. The summed E-state index contributed by atoms with van der Waals surface area (Å²) >= 11 is 1.55. The van der Waals surface area contributed by atoms with Gasteiger partial charge in [-0.05, 0) is 61.9 Å². The predicted molar refractivity (Wildman–Crippen MR) is 156 cm³/mol. The highest BCUT2D eigenvalue weighted by Crippen LogP contribution is 2.36. The van der Waals surface area contributed by atoms with Crippen LogP contribution in [0.4, 0.5) is 34.5 Å². The zero-order chi connectivity index (χ0) is 29.7. The van der Waals surface area contributed by atoms with Crippen LogP contribution in [0.25, 0.3) is 21.6 Å². The molecule has 3 aromatic heterocycles. The Morgan fingerprint density at radius 1 is 0.881 bits per heavy atom. The van der Waals surface area contributed by atoms with Crippen molar-refractivity contribution in [3.8, 4) is 33.3 Å². The minimum atomic E-state index is -4.59. The van der Waals surface area contributed by atoms with Crippen LogP contribution in [-0.2, 0) is 6.18 Å². The minimum absolute atomic E-state index is 0.0338. The van der Waals surface area contributed by atoms with E-state index in [0.717, 1.165) is 39.9 Å². The molecule has 214 valence electrons. The maximum Gasteiger partial charge on any atom is 0.416 e. The monoisotopic (exact) mass is 591 g/mol. The van der Waals surface area contributed by atoms with Crippen LogP contribution in [-0.4, -0.2) is 32.5 Å². The van der Waals surface area contributed by atoms with Crippen LogP contribution in [0.15, 0.2) is 79.4 Å². The highest BCUT2D eigenvalue weighted by atomic mass is 32.1. The Kier molecular flexibility index (Phi) is 8.29. The number of aryl methyl sites for hydroxylation is 1. The highest BCUT2D eigenvalue weighted by molar-refractivity contribution is 7.18. The van der Waals surface area contributed by atoms with Gasteiger partial charge >= 0.3 is 18.2 Å². The van der Waals surface area contributed by atoms with Crippen LogP contribution in [0.1, 0.15) is 18.2 Å². The van der Waals surface area contributed by atoms with E-state index < -0.39 is 17.8 Å². The molecule has 0 bridgehead atoms. The van der Waals surface area contributed by atoms with Gasteiger partial charge in [0, 0.05) is 35.8 Å². The van der Waals surface area contributed by atoms with Gasteiger partial charge in [0.1, 0.15) is 5.75 Å². The summed E-state index contributed by atoms with van der Waals surface area (Å²) in [5.74, 6) is 0.510. The number of amides is 2. The number of carbonyl (C=O) groups excluding carboxylic acids is 1. The molecule has 0 saturated carbocycles. The van der Waals surface area contributed by atoms with Crippen molar-refractivity contribution in [1.82, 2.24) is 19.9 Å². The Morgan fingerprint density at radius 2 is 1.62 bits per heavy atom. The second kappa shape index (κ2) is 12.2. The number of ether oxygens (including phenoxy) is 1. The average molecular weight is 592 g/mol. The van der Waals surface area contributed by atoms with Crippen molar-refractivity contribution in [2.75, 3.05) is 22.5 Å². The molecule has 2 amide bonds. The lowest BCUT2D eigenvalue weighted by atomic mass is 10.0. The van der Waals surface area contributed by atoms with E-state index in [-0.39, 0.29) is 17.4 Å². The average Bonchev–Trinajstić information content (AvgIpc) is 3.43. The highest BCUT2D eigenvalue weighted by Gasteiger charge is 2.31. The van der Waals surface area contributed by atoms with Crippen molar-refractivity contribution in [2.24, 2.45) is 0 Å². The first-order valence-electron chi connectivity index (χ1n) is 12.7. The fourth-order valence-electron chi connectivity index (χ4n) is 3.85. The summed E-state index contributed by atoms with van der Waals surface area (Å²) in [6.07, 6.45) is 1.40. The van der Waals surface area contributed by atoms with Crippen LogP contribution in [0.2, 0.25) is 0 Å². The van der Waals surface area contributed by atoms with Gasteiger partial charge in [-0.3, -0.25) is 4.98 Å². The number of urea groups is 1. The first kappa shape index (κ1) is 28.5. The van der Waals surface area contributed by atoms with E-state index >= 15 is 0 Å². The molecule has 42 heavy (non-hydrogen) atoms. The number of benzene rings is 2. The molecule has 0 aliphatic rings. The first-order chi connectivity index (χ1) is 20.2. The van der Waals surface area contributed by atoms with Crippen LogP contribution < -0.4 is 20.7 Å². The number of alkyl halides is 3. The molecule has 0 spiro atoms. The van der Waals surface area contributed by atoms with Crippen molar-refractivity contribution >= 4 is 33.9 Å². The number of nitrogens with zero attached hydrogens (tertiary/aromatic N) is 4. The quantitative estimate of drug-likeness (QED) is 0.168. The van der Waals surface area contributed by atoms with E-state index in [2.05, 4.69) is 35.9 Å². The number of anilines is 3. The smallest absolute Gasteiger partial charge is 0.416 e. The van der Waals surface area contributed by atoms with E-state index in [4.69, 9.17) is 4.74 Å². The molecule has 0 aliphatic heterocycles. The number of halogens is 3. The molecule has 0 atom stereocenters. The van der Waals surface area contributed by atoms with Crippen LogP contribution in [0, 0.1) is 6.92 Å². The number of hydrogen-bond acceptors (Lipinski definition) is 8. The van der Waals surface area contributed by atoms with E-state index in [1.807, 2.05) is 19.1 Å². The van der Waals surface area contributed by atoms with Crippen LogP contribution in [0.5, 0.6) is 11.8 Å². The summed E-state index contributed by atoms with van der Waals surface area (Å²) in [4.78, 5) is 30.5. The van der Waals surface area contributed by atoms with Gasteiger partial charge < -0.3 is 20.7 Å². The number of aromatic nitrogens is 4. The van der Waals surface area contributed by atoms with E-state index in [0.29, 0.717) is 16.9 Å².